The van der Waals surface area contributed by atoms with Crippen molar-refractivity contribution in [3.8, 4) is 5.75 Å². The fraction of sp³-hybridized carbons (Fsp3) is 0.860. The SMILES string of the molecule is CC(C)(C)c1cc(C23CC4CC(CC(C4)C2)C3)c(C23CC4CC(CC(C4)C2)C3)c(C23CC4CC(CC(C4)C2)C3)c1OCC1CO1. The molecule has 0 aromatic heterocycles. The molecular weight excluding hydrogens is 548 g/mol. The average Bonchev–Trinajstić information content (AvgIpc) is 3.77. The first-order valence-corrected chi connectivity index (χ1v) is 20.1. The molecule has 1 saturated heterocycles. The highest BCUT2D eigenvalue weighted by atomic mass is 16.6. The van der Waals surface area contributed by atoms with Crippen LogP contribution < -0.4 is 4.74 Å². The van der Waals surface area contributed by atoms with Crippen LogP contribution in [0.25, 0.3) is 0 Å². The van der Waals surface area contributed by atoms with Crippen molar-refractivity contribution in [3.63, 3.8) is 0 Å². The Morgan fingerprint density at radius 3 is 1.29 bits per heavy atom. The van der Waals surface area contributed by atoms with Crippen molar-refractivity contribution in [1.29, 1.82) is 0 Å². The van der Waals surface area contributed by atoms with Crippen LogP contribution in [0.3, 0.4) is 0 Å². The number of epoxide rings is 1. The third kappa shape index (κ3) is 4.14. The Kier molecular flexibility index (Phi) is 5.67. The molecule has 0 N–H and O–H groups in total. The molecule has 1 aromatic carbocycles. The first-order valence-electron chi connectivity index (χ1n) is 20.1. The molecule has 13 fully saturated rings. The number of ether oxygens (including phenoxy) is 2. The number of rotatable bonds is 6. The Bertz CT molecular complexity index is 1300. The zero-order chi connectivity index (χ0) is 29.9. The molecule has 1 aromatic rings. The molecule has 1 atom stereocenters. The molecule has 1 unspecified atom stereocenters. The van der Waals surface area contributed by atoms with Crippen molar-refractivity contribution < 1.29 is 9.47 Å². The predicted octanol–water partition coefficient (Wildman–Crippen LogP) is 10.2. The van der Waals surface area contributed by atoms with Gasteiger partial charge in [-0.05, 0) is 196 Å². The Balaban J connectivity index is 1.21. The molecule has 12 aliphatic carbocycles. The van der Waals surface area contributed by atoms with Gasteiger partial charge in [-0.25, -0.2) is 0 Å². The molecule has 12 bridgehead atoms. The lowest BCUT2D eigenvalue weighted by Crippen LogP contribution is -2.55. The lowest BCUT2D eigenvalue weighted by molar-refractivity contribution is -0.0252. The Hall–Kier alpha value is -1.02. The van der Waals surface area contributed by atoms with Gasteiger partial charge >= 0.3 is 0 Å². The van der Waals surface area contributed by atoms with E-state index in [1.165, 1.54) is 82.8 Å². The first kappa shape index (κ1) is 27.9. The van der Waals surface area contributed by atoms with Crippen molar-refractivity contribution >= 4 is 0 Å². The molecule has 0 amide bonds. The second kappa shape index (κ2) is 9.15. The molecule has 13 aliphatic rings. The van der Waals surface area contributed by atoms with Crippen molar-refractivity contribution in [2.45, 2.75) is 164 Å². The zero-order valence-corrected chi connectivity index (χ0v) is 28.8. The third-order valence-corrected chi connectivity index (χ3v) is 16.7. The summed E-state index contributed by atoms with van der Waals surface area (Å²) in [5, 5.41) is 0. The van der Waals surface area contributed by atoms with E-state index in [9.17, 15) is 0 Å². The lowest BCUT2D eigenvalue weighted by atomic mass is 9.41. The van der Waals surface area contributed by atoms with Crippen LogP contribution in [-0.2, 0) is 26.4 Å². The van der Waals surface area contributed by atoms with Crippen LogP contribution in [0.1, 0.15) is 159 Å². The summed E-state index contributed by atoms with van der Waals surface area (Å²) in [7, 11) is 0. The van der Waals surface area contributed by atoms with Gasteiger partial charge in [-0.1, -0.05) is 26.8 Å². The van der Waals surface area contributed by atoms with E-state index in [-0.39, 0.29) is 5.41 Å². The van der Waals surface area contributed by atoms with Gasteiger partial charge in [0.2, 0.25) is 0 Å². The zero-order valence-electron chi connectivity index (χ0n) is 28.8. The van der Waals surface area contributed by atoms with E-state index in [2.05, 4.69) is 26.8 Å². The second-order valence-electron chi connectivity index (χ2n) is 21.2. The quantitative estimate of drug-likeness (QED) is 0.300. The molecule has 14 rings (SSSR count). The van der Waals surface area contributed by atoms with Crippen LogP contribution in [0.15, 0.2) is 6.07 Å². The minimum Gasteiger partial charge on any atom is -0.490 e. The summed E-state index contributed by atoms with van der Waals surface area (Å²) in [4.78, 5) is 0. The highest BCUT2D eigenvalue weighted by Gasteiger charge is 2.61. The van der Waals surface area contributed by atoms with Crippen LogP contribution in [0.2, 0.25) is 0 Å². The monoisotopic (exact) mass is 608 g/mol. The highest BCUT2D eigenvalue weighted by molar-refractivity contribution is 5.62. The maximum Gasteiger partial charge on any atom is 0.127 e. The van der Waals surface area contributed by atoms with Crippen LogP contribution in [-0.4, -0.2) is 19.3 Å². The molecule has 2 heteroatoms. The first-order chi connectivity index (χ1) is 21.6. The molecule has 1 aliphatic heterocycles. The molecule has 1 heterocycles. The van der Waals surface area contributed by atoms with Gasteiger partial charge in [0, 0.05) is 16.5 Å². The van der Waals surface area contributed by atoms with Gasteiger partial charge in [0.15, 0.2) is 0 Å². The maximum atomic E-state index is 7.36. The summed E-state index contributed by atoms with van der Waals surface area (Å²) >= 11 is 0. The summed E-state index contributed by atoms with van der Waals surface area (Å²) in [6.07, 6.45) is 27.5. The molecule has 0 radical (unpaired) electrons. The molecule has 45 heavy (non-hydrogen) atoms. The minimum absolute atomic E-state index is 0.0772. The minimum atomic E-state index is 0.0772. The third-order valence-electron chi connectivity index (χ3n) is 16.7. The smallest absolute Gasteiger partial charge is 0.127 e. The molecule has 0 spiro atoms. The van der Waals surface area contributed by atoms with E-state index in [1.54, 1.807) is 44.1 Å². The van der Waals surface area contributed by atoms with Crippen LogP contribution in [0, 0.1) is 53.3 Å². The van der Waals surface area contributed by atoms with Crippen LogP contribution >= 0.6 is 0 Å². The van der Waals surface area contributed by atoms with E-state index >= 15 is 0 Å². The molecular formula is C43H60O2. The highest BCUT2D eigenvalue weighted by Crippen LogP contribution is 2.70. The molecule has 2 nitrogen and oxygen atoms in total. The van der Waals surface area contributed by atoms with Gasteiger partial charge in [-0.2, -0.15) is 0 Å². The summed E-state index contributed by atoms with van der Waals surface area (Å²) < 4.78 is 13.2. The normalized spacial score (nSPS) is 51.4. The van der Waals surface area contributed by atoms with Gasteiger partial charge in [0.1, 0.15) is 18.5 Å². The molecule has 244 valence electrons. The fourth-order valence-corrected chi connectivity index (χ4v) is 16.5. The van der Waals surface area contributed by atoms with Crippen LogP contribution in [0.5, 0.6) is 5.75 Å². The van der Waals surface area contributed by atoms with Crippen molar-refractivity contribution in [1.82, 2.24) is 0 Å². The maximum absolute atomic E-state index is 7.36. The van der Waals surface area contributed by atoms with Gasteiger partial charge in [0.25, 0.3) is 0 Å². The number of hydrogen-bond donors (Lipinski definition) is 0. The fourth-order valence-electron chi connectivity index (χ4n) is 16.5. The van der Waals surface area contributed by atoms with E-state index in [4.69, 9.17) is 9.47 Å². The Labute approximate surface area is 273 Å². The van der Waals surface area contributed by atoms with Crippen LogP contribution in [0.4, 0.5) is 0 Å². The molecule has 12 saturated carbocycles. The van der Waals surface area contributed by atoms with Gasteiger partial charge in [-0.3, -0.25) is 0 Å². The average molecular weight is 609 g/mol. The predicted molar refractivity (Wildman–Crippen MR) is 180 cm³/mol. The summed E-state index contributed by atoms with van der Waals surface area (Å²) in [5.41, 5.74) is 8.65. The van der Waals surface area contributed by atoms with Gasteiger partial charge < -0.3 is 9.47 Å². The summed E-state index contributed by atoms with van der Waals surface area (Å²) in [5.74, 6) is 10.2. The van der Waals surface area contributed by atoms with E-state index in [0.717, 1.165) is 66.5 Å². The van der Waals surface area contributed by atoms with E-state index in [1.807, 2.05) is 16.7 Å². The van der Waals surface area contributed by atoms with Gasteiger partial charge in [-0.15, -0.1) is 0 Å². The summed E-state index contributed by atoms with van der Waals surface area (Å²) in [6.45, 7) is 9.20. The second-order valence-corrected chi connectivity index (χ2v) is 21.2. The summed E-state index contributed by atoms with van der Waals surface area (Å²) in [6, 6.07) is 2.90. The Morgan fingerprint density at radius 1 is 0.578 bits per heavy atom. The van der Waals surface area contributed by atoms with Crippen molar-refractivity contribution in [2.24, 2.45) is 53.3 Å². The van der Waals surface area contributed by atoms with Gasteiger partial charge in [0.05, 0.1) is 6.61 Å². The van der Waals surface area contributed by atoms with Crippen molar-refractivity contribution in [2.75, 3.05) is 13.2 Å². The number of hydrogen-bond acceptors (Lipinski definition) is 2. The Morgan fingerprint density at radius 2 is 0.933 bits per heavy atom. The van der Waals surface area contributed by atoms with E-state index < -0.39 is 0 Å². The lowest BCUT2D eigenvalue weighted by Gasteiger charge is -2.63. The topological polar surface area (TPSA) is 21.8 Å². The van der Waals surface area contributed by atoms with Crippen molar-refractivity contribution in [3.05, 3.63) is 28.3 Å². The standard InChI is InChI=1S/C43H60O2/c1-40(2,3)36-13-35(41-14-25-4-26(15-41)6-27(5-25)16-41)37(42-17-28-7-29(18-42)9-30(8-28)19-42)38(39(36)45-24-34-23-44-34)43-20-31-10-32(21-43)12-33(11-31)22-43/h13,25-34H,4-12,14-24H2,1-3H3. The number of benzene rings is 1. The van der Waals surface area contributed by atoms with E-state index in [0.29, 0.717) is 22.3 Å². The largest absolute Gasteiger partial charge is 0.490 e.